The van der Waals surface area contributed by atoms with Crippen LogP contribution >= 0.6 is 23.4 Å². The number of hydrogen-bond acceptors (Lipinski definition) is 7. The number of phenols is 1. The summed E-state index contributed by atoms with van der Waals surface area (Å²) in [4.78, 5) is 12.3. The van der Waals surface area contributed by atoms with E-state index < -0.39 is 0 Å². The first kappa shape index (κ1) is 24.3. The molecule has 1 aromatic heterocycles. The Morgan fingerprint density at radius 3 is 2.66 bits per heavy atom. The summed E-state index contributed by atoms with van der Waals surface area (Å²) in [6, 6.07) is 22.1. The zero-order valence-corrected chi connectivity index (χ0v) is 20.4. The Morgan fingerprint density at radius 2 is 1.89 bits per heavy atom. The third-order valence-corrected chi connectivity index (χ3v) is 6.17. The predicted octanol–water partition coefficient (Wildman–Crippen LogP) is 4.79. The number of benzene rings is 3. The van der Waals surface area contributed by atoms with Crippen LogP contribution in [-0.4, -0.2) is 37.7 Å². The zero-order chi connectivity index (χ0) is 24.6. The molecular formula is C25H23ClN6O2S. The van der Waals surface area contributed by atoms with Crippen molar-refractivity contribution in [1.29, 1.82) is 0 Å². The number of phenolic OH excluding ortho intramolecular Hbond substituents is 1. The molecule has 4 aromatic rings. The fourth-order valence-corrected chi connectivity index (χ4v) is 4.27. The van der Waals surface area contributed by atoms with Gasteiger partial charge in [-0.25, -0.2) is 5.43 Å². The summed E-state index contributed by atoms with van der Waals surface area (Å²) in [6.45, 7) is 2.42. The van der Waals surface area contributed by atoms with Crippen molar-refractivity contribution in [3.05, 3.63) is 94.8 Å². The molecule has 0 saturated carbocycles. The molecule has 3 aromatic carbocycles. The lowest BCUT2D eigenvalue weighted by molar-refractivity contribution is -0.118. The molecule has 3 N–H and O–H groups in total. The van der Waals surface area contributed by atoms with Gasteiger partial charge in [0.05, 0.1) is 18.5 Å². The van der Waals surface area contributed by atoms with E-state index in [4.69, 9.17) is 11.6 Å². The van der Waals surface area contributed by atoms with Crippen LogP contribution in [0.2, 0.25) is 5.02 Å². The largest absolute Gasteiger partial charge is 0.507 e. The number of aryl methyl sites for hydroxylation is 1. The summed E-state index contributed by atoms with van der Waals surface area (Å²) in [6.07, 6.45) is 1.40. The van der Waals surface area contributed by atoms with Gasteiger partial charge in [-0.1, -0.05) is 53.7 Å². The maximum Gasteiger partial charge on any atom is 0.250 e. The van der Waals surface area contributed by atoms with Gasteiger partial charge in [-0.15, -0.1) is 10.2 Å². The summed E-state index contributed by atoms with van der Waals surface area (Å²) >= 11 is 7.32. The molecule has 0 saturated heterocycles. The highest BCUT2D eigenvalue weighted by Gasteiger charge is 2.16. The van der Waals surface area contributed by atoms with Crippen molar-refractivity contribution in [3.8, 4) is 11.4 Å². The second-order valence-electron chi connectivity index (χ2n) is 7.52. The number of hydrogen-bond donors (Lipinski definition) is 3. The number of nitrogens with zero attached hydrogens (tertiary/aromatic N) is 4. The molecule has 35 heavy (non-hydrogen) atoms. The Kier molecular flexibility index (Phi) is 8.02. The van der Waals surface area contributed by atoms with Crippen LogP contribution in [-0.2, 0) is 11.3 Å². The van der Waals surface area contributed by atoms with E-state index in [1.54, 1.807) is 24.3 Å². The van der Waals surface area contributed by atoms with Crippen molar-refractivity contribution in [1.82, 2.24) is 20.2 Å². The summed E-state index contributed by atoms with van der Waals surface area (Å²) in [5.74, 6) is 0.574. The smallest absolute Gasteiger partial charge is 0.250 e. The minimum atomic E-state index is -0.305. The number of anilines is 1. The van der Waals surface area contributed by atoms with E-state index in [1.807, 2.05) is 60.0 Å². The summed E-state index contributed by atoms with van der Waals surface area (Å²) in [7, 11) is 0. The van der Waals surface area contributed by atoms with Gasteiger partial charge < -0.3 is 10.4 Å². The first-order valence-corrected chi connectivity index (χ1v) is 12.1. The SMILES string of the molecule is Cc1cc(Cl)ccc1NCc1nnc(SCC(=O)N/N=C/c2ccccc2O)n1-c1ccccc1. The fraction of sp³-hybridized carbons (Fsp3) is 0.120. The van der Waals surface area contributed by atoms with Crippen molar-refractivity contribution in [2.24, 2.45) is 5.10 Å². The van der Waals surface area contributed by atoms with Crippen LogP contribution in [0.3, 0.4) is 0 Å². The molecule has 0 unspecified atom stereocenters. The predicted molar refractivity (Wildman–Crippen MR) is 139 cm³/mol. The number of rotatable bonds is 9. The molecule has 0 aliphatic heterocycles. The summed E-state index contributed by atoms with van der Waals surface area (Å²) in [5.41, 5.74) is 5.85. The molecule has 0 fully saturated rings. The molecule has 0 atom stereocenters. The Bertz CT molecular complexity index is 1340. The van der Waals surface area contributed by atoms with Crippen LogP contribution in [0.1, 0.15) is 17.0 Å². The van der Waals surface area contributed by atoms with Crippen LogP contribution < -0.4 is 10.7 Å². The molecular weight excluding hydrogens is 484 g/mol. The van der Waals surface area contributed by atoms with Crippen LogP contribution in [0.5, 0.6) is 5.75 Å². The lowest BCUT2D eigenvalue weighted by Gasteiger charge is -2.12. The Balaban J connectivity index is 1.45. The Morgan fingerprint density at radius 1 is 1.11 bits per heavy atom. The monoisotopic (exact) mass is 506 g/mol. The molecule has 0 spiro atoms. The molecule has 0 bridgehead atoms. The minimum absolute atomic E-state index is 0.0887. The van der Waals surface area contributed by atoms with Crippen LogP contribution in [0, 0.1) is 6.92 Å². The van der Waals surface area contributed by atoms with Crippen molar-refractivity contribution < 1.29 is 9.90 Å². The van der Waals surface area contributed by atoms with Gasteiger partial charge in [0.1, 0.15) is 5.75 Å². The average Bonchev–Trinajstić information content (AvgIpc) is 3.27. The molecule has 1 amide bonds. The lowest BCUT2D eigenvalue weighted by Crippen LogP contribution is -2.20. The Hall–Kier alpha value is -3.82. The van der Waals surface area contributed by atoms with Gasteiger partial charge >= 0.3 is 0 Å². The third-order valence-electron chi connectivity index (χ3n) is 5.00. The second kappa shape index (κ2) is 11.5. The van der Waals surface area contributed by atoms with Gasteiger partial charge in [-0.2, -0.15) is 5.10 Å². The number of carbonyl (C=O) groups is 1. The maximum absolute atomic E-state index is 12.3. The van der Waals surface area contributed by atoms with E-state index in [2.05, 4.69) is 26.0 Å². The number of para-hydroxylation sites is 2. The number of aromatic nitrogens is 3. The molecule has 178 valence electrons. The van der Waals surface area contributed by atoms with Gasteiger partial charge in [-0.3, -0.25) is 9.36 Å². The molecule has 4 rings (SSSR count). The molecule has 8 nitrogen and oxygen atoms in total. The van der Waals surface area contributed by atoms with E-state index in [1.165, 1.54) is 18.0 Å². The summed E-state index contributed by atoms with van der Waals surface area (Å²) < 4.78 is 1.92. The van der Waals surface area contributed by atoms with Crippen LogP contribution in [0.15, 0.2) is 83.1 Å². The minimum Gasteiger partial charge on any atom is -0.507 e. The third kappa shape index (κ3) is 6.40. The van der Waals surface area contributed by atoms with Gasteiger partial charge in [0.2, 0.25) is 0 Å². The van der Waals surface area contributed by atoms with Crippen LogP contribution in [0.25, 0.3) is 5.69 Å². The molecule has 1 heterocycles. The van der Waals surface area contributed by atoms with Gasteiger partial charge in [-0.05, 0) is 55.0 Å². The normalized spacial score (nSPS) is 11.0. The highest BCUT2D eigenvalue weighted by molar-refractivity contribution is 7.99. The van der Waals surface area contributed by atoms with Crippen molar-refractivity contribution >= 4 is 41.2 Å². The number of amides is 1. The van der Waals surface area contributed by atoms with Gasteiger partial charge in [0, 0.05) is 22.0 Å². The standard InChI is InChI=1S/C25H23ClN6O2S/c1-17-13-19(26)11-12-21(17)27-15-23-29-31-25(32(23)20-8-3-2-4-9-20)35-16-24(34)30-28-14-18-7-5-6-10-22(18)33/h2-14,27,33H,15-16H2,1H3,(H,30,34)/b28-14+. The van der Waals surface area contributed by atoms with E-state index in [9.17, 15) is 9.90 Å². The lowest BCUT2D eigenvalue weighted by atomic mass is 10.2. The molecule has 0 radical (unpaired) electrons. The number of halogens is 1. The fourth-order valence-electron chi connectivity index (χ4n) is 3.28. The van der Waals surface area contributed by atoms with Crippen LogP contribution in [0.4, 0.5) is 5.69 Å². The molecule has 0 aliphatic carbocycles. The number of carbonyl (C=O) groups excluding carboxylic acids is 1. The number of nitrogens with one attached hydrogen (secondary N) is 2. The quantitative estimate of drug-likeness (QED) is 0.171. The highest BCUT2D eigenvalue weighted by atomic mass is 35.5. The van der Waals surface area contributed by atoms with E-state index in [0.717, 1.165) is 16.9 Å². The van der Waals surface area contributed by atoms with Crippen molar-refractivity contribution in [3.63, 3.8) is 0 Å². The van der Waals surface area contributed by atoms with E-state index >= 15 is 0 Å². The van der Waals surface area contributed by atoms with Gasteiger partial charge in [0.25, 0.3) is 5.91 Å². The number of thioether (sulfide) groups is 1. The second-order valence-corrected chi connectivity index (χ2v) is 8.90. The number of aromatic hydroxyl groups is 1. The first-order chi connectivity index (χ1) is 17.0. The van der Waals surface area contributed by atoms with E-state index in [-0.39, 0.29) is 17.4 Å². The van der Waals surface area contributed by atoms with E-state index in [0.29, 0.717) is 28.1 Å². The number of hydrazone groups is 1. The Labute approximate surface area is 212 Å². The van der Waals surface area contributed by atoms with Crippen molar-refractivity contribution in [2.45, 2.75) is 18.6 Å². The molecule has 10 heteroatoms. The maximum atomic E-state index is 12.3. The highest BCUT2D eigenvalue weighted by Crippen LogP contribution is 2.24. The molecule has 0 aliphatic rings. The summed E-state index contributed by atoms with van der Waals surface area (Å²) in [5, 5.41) is 27.0. The average molecular weight is 507 g/mol. The topological polar surface area (TPSA) is 104 Å². The zero-order valence-electron chi connectivity index (χ0n) is 18.9. The van der Waals surface area contributed by atoms with Crippen molar-refractivity contribution in [2.75, 3.05) is 11.1 Å². The first-order valence-electron chi connectivity index (χ1n) is 10.7. The van der Waals surface area contributed by atoms with Gasteiger partial charge in [0.15, 0.2) is 11.0 Å².